The molecule has 0 aromatic carbocycles. The van der Waals surface area contributed by atoms with E-state index in [4.69, 9.17) is 11.6 Å². The number of allylic oxidation sites excluding steroid dienone is 2. The largest absolute Gasteiger partial charge is 0.119 e. The fourth-order valence-corrected chi connectivity index (χ4v) is 0.356. The molecule has 0 rings (SSSR count). The van der Waals surface area contributed by atoms with Crippen molar-refractivity contribution in [2.45, 2.75) is 26.1 Å². The van der Waals surface area contributed by atoms with Crippen molar-refractivity contribution in [1.82, 2.24) is 0 Å². The second kappa shape index (κ2) is 3.09. The summed E-state index contributed by atoms with van der Waals surface area (Å²) in [6, 6.07) is 0. The maximum absolute atomic E-state index is 5.66. The van der Waals surface area contributed by atoms with E-state index in [1.165, 1.54) is 5.57 Å². The van der Waals surface area contributed by atoms with Crippen LogP contribution in [0.15, 0.2) is 11.6 Å². The normalized spacial score (nSPS) is 16.9. The van der Waals surface area contributed by atoms with Crippen molar-refractivity contribution >= 4 is 11.6 Å². The van der Waals surface area contributed by atoms with Crippen LogP contribution >= 0.6 is 11.6 Å². The first-order chi connectivity index (χ1) is 3.18. The molecule has 0 aliphatic rings. The first kappa shape index (κ1) is 7.03. The van der Waals surface area contributed by atoms with Gasteiger partial charge in [0.1, 0.15) is 0 Å². The third-order valence-corrected chi connectivity index (χ3v) is 1.43. The Kier molecular flexibility index (Phi) is 3.10. The van der Waals surface area contributed by atoms with Gasteiger partial charge in [-0.2, -0.15) is 0 Å². The first-order valence-electron chi connectivity index (χ1n) is 2.45. The number of hydrogen-bond acceptors (Lipinski definition) is 0. The van der Waals surface area contributed by atoms with E-state index in [0.29, 0.717) is 0 Å². The molecule has 1 atom stereocenters. The molecule has 0 heterocycles. The maximum atomic E-state index is 5.66. The Morgan fingerprint density at radius 3 is 2.14 bits per heavy atom. The lowest BCUT2D eigenvalue weighted by Gasteiger charge is -1.97. The van der Waals surface area contributed by atoms with Crippen molar-refractivity contribution in [2.24, 2.45) is 0 Å². The van der Waals surface area contributed by atoms with Gasteiger partial charge >= 0.3 is 0 Å². The van der Waals surface area contributed by atoms with Crippen LogP contribution in [0.5, 0.6) is 0 Å². The van der Waals surface area contributed by atoms with E-state index >= 15 is 0 Å². The number of halogens is 1. The van der Waals surface area contributed by atoms with Gasteiger partial charge in [0, 0.05) is 0 Å². The molecule has 1 heteroatoms. The molecule has 0 aliphatic heterocycles. The summed E-state index contributed by atoms with van der Waals surface area (Å²) in [5, 5.41) is 0.199. The van der Waals surface area contributed by atoms with Gasteiger partial charge in [-0.3, -0.25) is 0 Å². The molecule has 0 N–H and O–H groups in total. The molecule has 0 aromatic rings. The molecule has 0 saturated heterocycles. The van der Waals surface area contributed by atoms with Crippen LogP contribution in [0.3, 0.4) is 0 Å². The quantitative estimate of drug-likeness (QED) is 0.367. The molecular formula is C6H11Cl. The van der Waals surface area contributed by atoms with Gasteiger partial charge in [0.15, 0.2) is 0 Å². The van der Waals surface area contributed by atoms with E-state index in [9.17, 15) is 0 Å². The molecule has 0 nitrogen and oxygen atoms in total. The summed E-state index contributed by atoms with van der Waals surface area (Å²) in [7, 11) is 0. The van der Waals surface area contributed by atoms with E-state index in [0.717, 1.165) is 0 Å². The van der Waals surface area contributed by atoms with Crippen LogP contribution in [0.4, 0.5) is 0 Å². The zero-order valence-electron chi connectivity index (χ0n) is 5.03. The maximum Gasteiger partial charge on any atom is 0.0514 e. The molecule has 0 bridgehead atoms. The summed E-state index contributed by atoms with van der Waals surface area (Å²) in [6.45, 7) is 5.99. The average Bonchev–Trinajstić information content (AvgIpc) is 1.65. The lowest BCUT2D eigenvalue weighted by Crippen LogP contribution is -1.89. The molecule has 0 fully saturated rings. The second-order valence-corrected chi connectivity index (χ2v) is 2.30. The first-order valence-corrected chi connectivity index (χ1v) is 2.89. The number of rotatable bonds is 1. The van der Waals surface area contributed by atoms with Gasteiger partial charge < -0.3 is 0 Å². The van der Waals surface area contributed by atoms with Gasteiger partial charge in [0.05, 0.1) is 5.38 Å². The Morgan fingerprint density at radius 1 is 1.71 bits per heavy atom. The van der Waals surface area contributed by atoms with Crippen LogP contribution in [0.2, 0.25) is 0 Å². The molecule has 0 spiro atoms. The summed E-state index contributed by atoms with van der Waals surface area (Å²) >= 11 is 5.66. The lowest BCUT2D eigenvalue weighted by atomic mass is 10.2. The molecule has 1 unspecified atom stereocenters. The molecule has 42 valence electrons. The van der Waals surface area contributed by atoms with Gasteiger partial charge in [0.2, 0.25) is 0 Å². The highest BCUT2D eigenvalue weighted by Gasteiger charge is 1.93. The Hall–Kier alpha value is 0.0300. The summed E-state index contributed by atoms with van der Waals surface area (Å²) in [4.78, 5) is 0. The lowest BCUT2D eigenvalue weighted by molar-refractivity contribution is 1.10. The predicted octanol–water partition coefficient (Wildman–Crippen LogP) is 2.58. The Morgan fingerprint density at radius 2 is 2.14 bits per heavy atom. The van der Waals surface area contributed by atoms with Gasteiger partial charge in [-0.1, -0.05) is 11.6 Å². The summed E-state index contributed by atoms with van der Waals surface area (Å²) in [5.74, 6) is 0. The van der Waals surface area contributed by atoms with E-state index in [1.807, 2.05) is 26.8 Å². The van der Waals surface area contributed by atoms with Gasteiger partial charge in [-0.15, -0.1) is 11.6 Å². The minimum atomic E-state index is 0.199. The van der Waals surface area contributed by atoms with Crippen LogP contribution < -0.4 is 0 Å². The van der Waals surface area contributed by atoms with Crippen molar-refractivity contribution < 1.29 is 0 Å². The van der Waals surface area contributed by atoms with Crippen molar-refractivity contribution in [2.75, 3.05) is 0 Å². The van der Waals surface area contributed by atoms with E-state index < -0.39 is 0 Å². The summed E-state index contributed by atoms with van der Waals surface area (Å²) < 4.78 is 0. The molecule has 0 radical (unpaired) electrons. The highest BCUT2D eigenvalue weighted by Crippen LogP contribution is 2.05. The van der Waals surface area contributed by atoms with Crippen molar-refractivity contribution in [3.8, 4) is 0 Å². The van der Waals surface area contributed by atoms with Crippen LogP contribution in [0.25, 0.3) is 0 Å². The highest BCUT2D eigenvalue weighted by atomic mass is 35.5. The van der Waals surface area contributed by atoms with Gasteiger partial charge in [0.25, 0.3) is 0 Å². The Bertz CT molecular complexity index is 72.2. The predicted molar refractivity (Wildman–Crippen MR) is 34.7 cm³/mol. The fourth-order valence-electron chi connectivity index (χ4n) is 0.230. The van der Waals surface area contributed by atoms with Crippen LogP contribution in [-0.2, 0) is 0 Å². The molecule has 0 amide bonds. The summed E-state index contributed by atoms with van der Waals surface area (Å²) in [5.41, 5.74) is 1.24. The number of alkyl halides is 1. The zero-order chi connectivity index (χ0) is 5.86. The molecular weight excluding hydrogens is 108 g/mol. The third-order valence-electron chi connectivity index (χ3n) is 1.08. The highest BCUT2D eigenvalue weighted by molar-refractivity contribution is 6.22. The van der Waals surface area contributed by atoms with E-state index in [2.05, 4.69) is 0 Å². The monoisotopic (exact) mass is 118 g/mol. The molecule has 0 aromatic heterocycles. The van der Waals surface area contributed by atoms with Crippen molar-refractivity contribution in [1.29, 1.82) is 0 Å². The van der Waals surface area contributed by atoms with Crippen LogP contribution in [-0.4, -0.2) is 5.38 Å². The molecule has 0 aliphatic carbocycles. The minimum absolute atomic E-state index is 0.199. The third kappa shape index (κ3) is 2.69. The standard InChI is InChI=1S/C6H11Cl/c1-4-5(2)6(3)7/h4,6H,1-3H3. The SMILES string of the molecule is CC=C(C)C(C)Cl. The van der Waals surface area contributed by atoms with E-state index in [1.54, 1.807) is 0 Å². The van der Waals surface area contributed by atoms with Crippen LogP contribution in [0, 0.1) is 0 Å². The Balaban J connectivity index is 3.56. The average molecular weight is 119 g/mol. The molecule has 7 heavy (non-hydrogen) atoms. The summed E-state index contributed by atoms with van der Waals surface area (Å²) in [6.07, 6.45) is 2.03. The molecule has 0 saturated carbocycles. The second-order valence-electron chi connectivity index (χ2n) is 1.65. The minimum Gasteiger partial charge on any atom is -0.119 e. The Labute approximate surface area is 50.2 Å². The van der Waals surface area contributed by atoms with Crippen molar-refractivity contribution in [3.05, 3.63) is 11.6 Å². The van der Waals surface area contributed by atoms with Gasteiger partial charge in [-0.25, -0.2) is 0 Å². The van der Waals surface area contributed by atoms with Crippen LogP contribution in [0.1, 0.15) is 20.8 Å². The van der Waals surface area contributed by atoms with E-state index in [-0.39, 0.29) is 5.38 Å². The zero-order valence-corrected chi connectivity index (χ0v) is 5.79. The topological polar surface area (TPSA) is 0 Å². The van der Waals surface area contributed by atoms with Crippen molar-refractivity contribution in [3.63, 3.8) is 0 Å². The van der Waals surface area contributed by atoms with Gasteiger partial charge in [-0.05, 0) is 20.8 Å². The smallest absolute Gasteiger partial charge is 0.0514 e. The number of hydrogen-bond donors (Lipinski definition) is 0. The fraction of sp³-hybridized carbons (Fsp3) is 0.667.